The van der Waals surface area contributed by atoms with Gasteiger partial charge in [0.25, 0.3) is 0 Å². The maximum Gasteiger partial charge on any atom is 0.397 e. The van der Waals surface area contributed by atoms with Crippen molar-refractivity contribution in [3.8, 4) is 12.3 Å². The highest BCUT2D eigenvalue weighted by molar-refractivity contribution is 7.81. The standard InChI is InChI=1S/C63H91N3O30S3/c1-6-7-17-24-79-58-46(64)35(3)53(43(89-58)31-86-97(70,71)72)95-62-50(68)56(81-27-39-20-13-9-14-21-39)41(29-84-62)91-60-48(66)37(5)55(45(93-60)33-88-99(76,77)78)96-63-51(69)57(82-28-40-22-15-10-16-23-40)42(30-85-63)90-59-47(65)36(4)54(44(92-59)32-87-98(73,74)75)94-61-49(67)52(34(2)25-83-61)80-26-38-18-11-8-12-19-38/h1,8-16,18-23,34-37,41-63,67-69H,7,17,24-33,64-66H2,2-5H3,(H,70,71,72)(H,73,74,75)(H,76,77,78)/t34-,35-,36-,37-,41-,42-,43?,44?,45?,46?,47?,48?,49?,50?,51?,52-,53+,54+,55+,56-,57-,58-,59-,60-,61+,62+,63+/m1/s1. The first-order valence-corrected chi connectivity index (χ1v) is 36.4. The Morgan fingerprint density at radius 1 is 0.444 bits per heavy atom. The normalized spacial score (nSPS) is 38.0. The van der Waals surface area contributed by atoms with Crippen LogP contribution in [0.4, 0.5) is 0 Å². The number of aliphatic hydroxyl groups is 3. The van der Waals surface area contributed by atoms with Crippen LogP contribution >= 0.6 is 0 Å². The van der Waals surface area contributed by atoms with Gasteiger partial charge in [0, 0.05) is 30.1 Å². The third kappa shape index (κ3) is 22.0. The van der Waals surface area contributed by atoms with Crippen LogP contribution in [0.15, 0.2) is 91.0 Å². The summed E-state index contributed by atoms with van der Waals surface area (Å²) < 4.78 is 210. The largest absolute Gasteiger partial charge is 0.397 e. The molecule has 0 saturated carbocycles. The average Bonchev–Trinajstić information content (AvgIpc) is 0.786. The van der Waals surface area contributed by atoms with Gasteiger partial charge in [-0.2, -0.15) is 25.3 Å². The van der Waals surface area contributed by atoms with Crippen LogP contribution in [0.25, 0.3) is 0 Å². The Kier molecular flexibility index (Phi) is 28.9. The second-order valence-electron chi connectivity index (χ2n) is 25.2. The molecule has 0 amide bonds. The molecule has 0 spiro atoms. The highest BCUT2D eigenvalue weighted by Gasteiger charge is 2.55. The Bertz CT molecular complexity index is 3340. The van der Waals surface area contributed by atoms with Gasteiger partial charge in [0.2, 0.25) is 0 Å². The zero-order chi connectivity index (χ0) is 71.3. The molecule has 0 bridgehead atoms. The minimum Gasteiger partial charge on any atom is -0.385 e. The van der Waals surface area contributed by atoms with Crippen LogP contribution in [0.3, 0.4) is 0 Å². The number of hydrogen-bond donors (Lipinski definition) is 9. The lowest BCUT2D eigenvalue weighted by molar-refractivity contribution is -0.364. The summed E-state index contributed by atoms with van der Waals surface area (Å²) in [6.45, 7) is 3.50. The summed E-state index contributed by atoms with van der Waals surface area (Å²) in [5, 5.41) is 36.3. The Morgan fingerprint density at radius 2 is 0.768 bits per heavy atom. The van der Waals surface area contributed by atoms with Gasteiger partial charge >= 0.3 is 31.2 Å². The molecular formula is C63H91N3O30S3. The Hall–Kier alpha value is -4.01. The van der Waals surface area contributed by atoms with Gasteiger partial charge in [-0.1, -0.05) is 119 Å². The molecule has 556 valence electrons. The van der Waals surface area contributed by atoms with Gasteiger partial charge in [-0.3, -0.25) is 13.7 Å². The van der Waals surface area contributed by atoms with E-state index in [0.717, 1.165) is 5.56 Å². The number of aliphatic hydroxyl groups excluding tert-OH is 3. The molecule has 0 aliphatic carbocycles. The molecule has 9 unspecified atom stereocenters. The van der Waals surface area contributed by atoms with Crippen molar-refractivity contribution in [1.82, 2.24) is 0 Å². The van der Waals surface area contributed by atoms with Gasteiger partial charge in [0.05, 0.1) is 109 Å². The second-order valence-corrected chi connectivity index (χ2v) is 28.5. The average molecular weight is 1470 g/mol. The lowest BCUT2D eigenvalue weighted by Gasteiger charge is -2.50. The van der Waals surface area contributed by atoms with Gasteiger partial charge in [0.1, 0.15) is 61.0 Å². The van der Waals surface area contributed by atoms with Gasteiger partial charge in [0.15, 0.2) is 37.7 Å². The maximum absolute atomic E-state index is 12.4. The van der Waals surface area contributed by atoms with Crippen molar-refractivity contribution in [3.05, 3.63) is 108 Å². The maximum atomic E-state index is 12.4. The number of rotatable bonds is 32. The van der Waals surface area contributed by atoms with E-state index in [1.807, 2.05) is 37.3 Å². The fraction of sp³-hybridized carbons (Fsp3) is 0.683. The van der Waals surface area contributed by atoms with Gasteiger partial charge in [-0.15, -0.1) is 12.3 Å². The van der Waals surface area contributed by atoms with Crippen LogP contribution < -0.4 is 17.2 Å². The highest BCUT2D eigenvalue weighted by Crippen LogP contribution is 2.39. The number of benzene rings is 3. The summed E-state index contributed by atoms with van der Waals surface area (Å²) in [7, 11) is -15.3. The molecule has 0 aromatic heterocycles. The zero-order valence-corrected chi connectivity index (χ0v) is 57.2. The van der Waals surface area contributed by atoms with Crippen molar-refractivity contribution in [2.75, 3.05) is 46.2 Å². The summed E-state index contributed by atoms with van der Waals surface area (Å²) in [5.41, 5.74) is 22.6. The van der Waals surface area contributed by atoms with Crippen molar-refractivity contribution in [2.24, 2.45) is 40.9 Å². The number of ether oxygens (including phenoxy) is 15. The molecule has 6 fully saturated rings. The van der Waals surface area contributed by atoms with E-state index in [-0.39, 0.29) is 39.0 Å². The van der Waals surface area contributed by atoms with Gasteiger partial charge in [-0.05, 0) is 23.1 Å². The van der Waals surface area contributed by atoms with Gasteiger partial charge in [-0.25, -0.2) is 12.5 Å². The van der Waals surface area contributed by atoms with Gasteiger partial charge < -0.3 is 104 Å². The van der Waals surface area contributed by atoms with Crippen molar-refractivity contribution < 1.29 is 138 Å². The molecule has 12 N–H and O–H groups in total. The summed E-state index contributed by atoms with van der Waals surface area (Å²) in [6.07, 6.45) is -21.3. The van der Waals surface area contributed by atoms with Crippen molar-refractivity contribution >= 4 is 31.2 Å². The van der Waals surface area contributed by atoms with Crippen LogP contribution in [-0.2, 0) is 135 Å². The predicted octanol–water partition coefficient (Wildman–Crippen LogP) is 0.409. The van der Waals surface area contributed by atoms with E-state index in [9.17, 15) is 54.2 Å². The minimum absolute atomic E-state index is 0.0996. The first-order valence-electron chi connectivity index (χ1n) is 32.3. The predicted molar refractivity (Wildman–Crippen MR) is 340 cm³/mol. The molecule has 9 rings (SSSR count). The molecule has 6 saturated heterocycles. The number of nitrogens with two attached hydrogens (primary N) is 3. The zero-order valence-electron chi connectivity index (χ0n) is 54.7. The molecular weight excluding hydrogens is 1370 g/mol. The second kappa shape index (κ2) is 36.1. The van der Waals surface area contributed by atoms with E-state index < -0.39 is 223 Å². The fourth-order valence-electron chi connectivity index (χ4n) is 12.5. The summed E-state index contributed by atoms with van der Waals surface area (Å²) >= 11 is 0. The van der Waals surface area contributed by atoms with E-state index in [1.165, 1.54) is 0 Å². The van der Waals surface area contributed by atoms with Crippen molar-refractivity contribution in [1.29, 1.82) is 0 Å². The first-order chi connectivity index (χ1) is 47.1. The quantitative estimate of drug-likeness (QED) is 0.0232. The van der Waals surface area contributed by atoms with Crippen LogP contribution in [-0.4, -0.2) is 242 Å². The van der Waals surface area contributed by atoms with E-state index in [1.54, 1.807) is 81.4 Å². The first kappa shape index (κ1) is 79.1. The lowest BCUT2D eigenvalue weighted by atomic mass is 9.88. The summed E-state index contributed by atoms with van der Waals surface area (Å²) in [4.78, 5) is 0. The number of terminal acetylenes is 1. The molecule has 99 heavy (non-hydrogen) atoms. The summed E-state index contributed by atoms with van der Waals surface area (Å²) in [6, 6.07) is 23.7. The molecule has 27 atom stereocenters. The molecule has 33 nitrogen and oxygen atoms in total. The number of unbranched alkanes of at least 4 members (excludes halogenated alkanes) is 1. The fourth-order valence-corrected chi connectivity index (χ4v) is 13.4. The summed E-state index contributed by atoms with van der Waals surface area (Å²) in [5.74, 6) is -0.264. The third-order valence-electron chi connectivity index (χ3n) is 18.1. The Morgan fingerprint density at radius 3 is 1.12 bits per heavy atom. The Labute approximate surface area is 575 Å². The van der Waals surface area contributed by atoms with Crippen molar-refractivity contribution in [2.45, 2.75) is 202 Å². The number of hydrogen-bond acceptors (Lipinski definition) is 30. The lowest BCUT2D eigenvalue weighted by Crippen LogP contribution is -2.66. The monoisotopic (exact) mass is 1470 g/mol. The highest BCUT2D eigenvalue weighted by atomic mass is 32.3. The topological polar surface area (TPSA) is 468 Å². The Balaban J connectivity index is 0.909. The molecule has 36 heteroatoms. The molecule has 3 aromatic carbocycles. The van der Waals surface area contributed by atoms with Crippen LogP contribution in [0.1, 0.15) is 57.2 Å². The molecule has 6 aliphatic rings. The molecule has 3 aromatic rings. The van der Waals surface area contributed by atoms with E-state index in [4.69, 9.17) is 107 Å². The molecule has 6 heterocycles. The van der Waals surface area contributed by atoms with Crippen LogP contribution in [0.2, 0.25) is 0 Å². The van der Waals surface area contributed by atoms with E-state index in [0.29, 0.717) is 24.0 Å². The SMILES string of the molecule is C#CCCCO[C@@H]1OC(COS(=O)(=O)O)[C@@H](O[C@@H]2OC[C@@H](O[C@@H]3OC(COS(=O)(=O)O)[C@@H](O[C@@H]4OC[C@@H](O[C@@H]5OC(COS(=O)(=O)O)[C@@H](O[C@@H]6OC[C@@H](C)[C@@H](OCc7ccccc7)C6O)[C@H](C)C5N)[C@@H](OCc5ccccc5)C4O)[C@H](C)C3N)[C@@H](OCc3ccccc3)C2O)[C@H](C)C1N. The van der Waals surface area contributed by atoms with Crippen LogP contribution in [0.5, 0.6) is 0 Å². The molecule has 6 aliphatic heterocycles. The van der Waals surface area contributed by atoms with Crippen molar-refractivity contribution in [3.63, 3.8) is 0 Å². The van der Waals surface area contributed by atoms with E-state index >= 15 is 0 Å². The van der Waals surface area contributed by atoms with E-state index in [2.05, 4.69) is 5.92 Å². The minimum atomic E-state index is -5.18. The smallest absolute Gasteiger partial charge is 0.385 e. The molecule has 0 radical (unpaired) electrons. The van der Waals surface area contributed by atoms with Crippen LogP contribution in [0, 0.1) is 36.0 Å². The third-order valence-corrected chi connectivity index (χ3v) is 19.4.